The van der Waals surface area contributed by atoms with E-state index in [0.29, 0.717) is 32.0 Å². The zero-order chi connectivity index (χ0) is 17.0. The van der Waals surface area contributed by atoms with Gasteiger partial charge in [0.15, 0.2) is 11.6 Å². The fraction of sp³-hybridized carbons (Fsp3) is 0.533. The fourth-order valence-corrected chi connectivity index (χ4v) is 4.02. The summed E-state index contributed by atoms with van der Waals surface area (Å²) in [6.07, 6.45) is 1.69. The van der Waals surface area contributed by atoms with Gasteiger partial charge in [-0.1, -0.05) is 6.92 Å². The Hall–Kier alpha value is -1.54. The zero-order valence-corrected chi connectivity index (χ0v) is 13.8. The van der Waals surface area contributed by atoms with Gasteiger partial charge in [0.1, 0.15) is 0 Å². The van der Waals surface area contributed by atoms with Crippen LogP contribution < -0.4 is 0 Å². The van der Waals surface area contributed by atoms with E-state index >= 15 is 0 Å². The van der Waals surface area contributed by atoms with Gasteiger partial charge >= 0.3 is 0 Å². The van der Waals surface area contributed by atoms with E-state index in [2.05, 4.69) is 0 Å². The normalized spacial score (nSPS) is 17.1. The molecule has 0 N–H and O–H groups in total. The van der Waals surface area contributed by atoms with Crippen LogP contribution in [0.5, 0.6) is 0 Å². The molecule has 0 aliphatic carbocycles. The van der Waals surface area contributed by atoms with Crippen LogP contribution in [0.2, 0.25) is 0 Å². The van der Waals surface area contributed by atoms with Gasteiger partial charge < -0.3 is 4.90 Å². The van der Waals surface area contributed by atoms with Crippen LogP contribution in [-0.2, 0) is 14.8 Å². The van der Waals surface area contributed by atoms with E-state index in [1.165, 1.54) is 4.31 Å². The molecule has 8 heteroatoms. The molecule has 5 nitrogen and oxygen atoms in total. The summed E-state index contributed by atoms with van der Waals surface area (Å²) < 4.78 is 52.6. The van der Waals surface area contributed by atoms with Crippen LogP contribution in [0.4, 0.5) is 8.78 Å². The van der Waals surface area contributed by atoms with E-state index in [-0.39, 0.29) is 23.9 Å². The fourth-order valence-electron chi connectivity index (χ4n) is 2.54. The van der Waals surface area contributed by atoms with E-state index in [9.17, 15) is 22.0 Å². The van der Waals surface area contributed by atoms with E-state index < -0.39 is 21.7 Å². The van der Waals surface area contributed by atoms with Gasteiger partial charge in [0.25, 0.3) is 0 Å². The Bertz CT molecular complexity index is 679. The largest absolute Gasteiger partial charge is 0.341 e. The molecule has 0 atom stereocenters. The van der Waals surface area contributed by atoms with Crippen molar-refractivity contribution < 1.29 is 22.0 Å². The van der Waals surface area contributed by atoms with Crippen molar-refractivity contribution in [3.8, 4) is 0 Å². The summed E-state index contributed by atoms with van der Waals surface area (Å²) in [6.45, 7) is 3.12. The topological polar surface area (TPSA) is 57.7 Å². The number of hydrogen-bond acceptors (Lipinski definition) is 3. The maximum atomic E-state index is 13.3. The highest BCUT2D eigenvalue weighted by atomic mass is 32.2. The lowest BCUT2D eigenvalue weighted by atomic mass is 10.3. The number of benzene rings is 1. The van der Waals surface area contributed by atoms with E-state index in [0.717, 1.165) is 18.6 Å². The van der Waals surface area contributed by atoms with Gasteiger partial charge in [-0.25, -0.2) is 17.2 Å². The van der Waals surface area contributed by atoms with Crippen molar-refractivity contribution in [3.63, 3.8) is 0 Å². The Morgan fingerprint density at radius 3 is 2.52 bits per heavy atom. The van der Waals surface area contributed by atoms with Crippen molar-refractivity contribution in [2.24, 2.45) is 0 Å². The Morgan fingerprint density at radius 1 is 1.13 bits per heavy atom. The Kier molecular flexibility index (Phi) is 5.69. The molecule has 1 heterocycles. The standard InChI is InChI=1S/C15H20F2N2O3S/c1-2-4-15(20)18-7-3-8-19(10-9-18)23(21,22)12-5-6-13(16)14(17)11-12/h5-6,11H,2-4,7-10H2,1H3. The third-order valence-corrected chi connectivity index (χ3v) is 5.69. The number of rotatable bonds is 4. The second-order valence-corrected chi connectivity index (χ2v) is 7.40. The quantitative estimate of drug-likeness (QED) is 0.838. The molecule has 23 heavy (non-hydrogen) atoms. The van der Waals surface area contributed by atoms with Crippen molar-refractivity contribution >= 4 is 15.9 Å². The number of amides is 1. The molecule has 1 aromatic carbocycles. The third-order valence-electron chi connectivity index (χ3n) is 3.80. The summed E-state index contributed by atoms with van der Waals surface area (Å²) in [6, 6.07) is 2.55. The Balaban J connectivity index is 2.14. The molecular weight excluding hydrogens is 326 g/mol. The molecule has 0 radical (unpaired) electrons. The van der Waals surface area contributed by atoms with Crippen LogP contribution in [0.3, 0.4) is 0 Å². The zero-order valence-electron chi connectivity index (χ0n) is 13.0. The number of carbonyl (C=O) groups is 1. The predicted molar refractivity (Wildman–Crippen MR) is 81.2 cm³/mol. The van der Waals surface area contributed by atoms with Crippen LogP contribution in [0, 0.1) is 11.6 Å². The van der Waals surface area contributed by atoms with Gasteiger partial charge in [0.2, 0.25) is 15.9 Å². The van der Waals surface area contributed by atoms with Gasteiger partial charge in [0.05, 0.1) is 4.90 Å². The maximum Gasteiger partial charge on any atom is 0.243 e. The highest BCUT2D eigenvalue weighted by Crippen LogP contribution is 2.20. The van der Waals surface area contributed by atoms with E-state index in [1.807, 2.05) is 6.92 Å². The summed E-state index contributed by atoms with van der Waals surface area (Å²) in [5, 5.41) is 0. The van der Waals surface area contributed by atoms with Crippen molar-refractivity contribution in [2.75, 3.05) is 26.2 Å². The summed E-state index contributed by atoms with van der Waals surface area (Å²) in [7, 11) is -3.90. The minimum absolute atomic E-state index is 0.0135. The Morgan fingerprint density at radius 2 is 1.87 bits per heavy atom. The number of hydrogen-bond donors (Lipinski definition) is 0. The molecule has 0 bridgehead atoms. The van der Waals surface area contributed by atoms with E-state index in [1.54, 1.807) is 4.90 Å². The smallest absolute Gasteiger partial charge is 0.243 e. The van der Waals surface area contributed by atoms with Gasteiger partial charge in [-0.2, -0.15) is 4.31 Å². The van der Waals surface area contributed by atoms with Crippen molar-refractivity contribution in [3.05, 3.63) is 29.8 Å². The highest BCUT2D eigenvalue weighted by molar-refractivity contribution is 7.89. The summed E-state index contributed by atoms with van der Waals surface area (Å²) >= 11 is 0. The molecule has 0 unspecified atom stereocenters. The van der Waals surface area contributed by atoms with Crippen molar-refractivity contribution in [1.29, 1.82) is 0 Å². The average Bonchev–Trinajstić information content (AvgIpc) is 2.76. The molecule has 2 rings (SSSR count). The first kappa shape index (κ1) is 17.8. The minimum Gasteiger partial charge on any atom is -0.341 e. The average molecular weight is 346 g/mol. The number of carbonyl (C=O) groups excluding carboxylic acids is 1. The first-order chi connectivity index (χ1) is 10.9. The monoisotopic (exact) mass is 346 g/mol. The lowest BCUT2D eigenvalue weighted by Gasteiger charge is -2.22. The summed E-state index contributed by atoms with van der Waals surface area (Å²) in [5.41, 5.74) is 0. The Labute approximate surface area is 134 Å². The van der Waals surface area contributed by atoms with Crippen LogP contribution in [0.25, 0.3) is 0 Å². The highest BCUT2D eigenvalue weighted by Gasteiger charge is 2.28. The predicted octanol–water partition coefficient (Wildman–Crippen LogP) is 1.99. The van der Waals surface area contributed by atoms with Crippen LogP contribution >= 0.6 is 0 Å². The number of halogens is 2. The molecule has 128 valence electrons. The molecule has 1 saturated heterocycles. The molecular formula is C15H20F2N2O3S. The van der Waals surface area contributed by atoms with Crippen LogP contribution in [-0.4, -0.2) is 49.7 Å². The van der Waals surface area contributed by atoms with Gasteiger partial charge in [0, 0.05) is 32.6 Å². The van der Waals surface area contributed by atoms with Crippen molar-refractivity contribution in [1.82, 2.24) is 9.21 Å². The molecule has 1 fully saturated rings. The van der Waals surface area contributed by atoms with Gasteiger partial charge in [-0.05, 0) is 31.0 Å². The molecule has 1 amide bonds. The maximum absolute atomic E-state index is 13.3. The minimum atomic E-state index is -3.90. The van der Waals surface area contributed by atoms with Crippen LogP contribution in [0.1, 0.15) is 26.2 Å². The molecule has 0 spiro atoms. The second-order valence-electron chi connectivity index (χ2n) is 5.46. The molecule has 1 aliphatic rings. The van der Waals surface area contributed by atoms with Crippen molar-refractivity contribution in [2.45, 2.75) is 31.1 Å². The first-order valence-electron chi connectivity index (χ1n) is 7.59. The number of sulfonamides is 1. The molecule has 1 aromatic rings. The lowest BCUT2D eigenvalue weighted by Crippen LogP contribution is -2.37. The lowest BCUT2D eigenvalue weighted by molar-refractivity contribution is -0.131. The summed E-state index contributed by atoms with van der Waals surface area (Å²) in [5.74, 6) is -2.27. The third kappa shape index (κ3) is 4.06. The number of nitrogens with zero attached hydrogens (tertiary/aromatic N) is 2. The summed E-state index contributed by atoms with van der Waals surface area (Å²) in [4.78, 5) is 13.3. The first-order valence-corrected chi connectivity index (χ1v) is 9.03. The molecule has 0 saturated carbocycles. The van der Waals surface area contributed by atoms with Gasteiger partial charge in [-0.15, -0.1) is 0 Å². The van der Waals surface area contributed by atoms with Crippen LogP contribution in [0.15, 0.2) is 23.1 Å². The second kappa shape index (κ2) is 7.35. The van der Waals surface area contributed by atoms with Gasteiger partial charge in [-0.3, -0.25) is 4.79 Å². The van der Waals surface area contributed by atoms with E-state index in [4.69, 9.17) is 0 Å². The molecule has 0 aromatic heterocycles. The molecule has 1 aliphatic heterocycles. The SMILES string of the molecule is CCCC(=O)N1CCCN(S(=O)(=O)c2ccc(F)c(F)c2)CC1.